The zero-order chi connectivity index (χ0) is 16.9. The number of hydrogen-bond acceptors (Lipinski definition) is 3. The summed E-state index contributed by atoms with van der Waals surface area (Å²) in [5.41, 5.74) is 1.04. The quantitative estimate of drug-likeness (QED) is 0.700. The molecule has 5 atom stereocenters. The SMILES string of the molecule is C=C[C@]1(C)C=C2CC[C@@H]3C(CO)(CO)C[C@H](O)C[C@]3(C)[C@H]2CC1. The predicted octanol–water partition coefficient (Wildman–Crippen LogP) is 3.06. The first-order chi connectivity index (χ1) is 10.8. The third-order valence-corrected chi connectivity index (χ3v) is 7.40. The molecule has 130 valence electrons. The topological polar surface area (TPSA) is 60.7 Å². The van der Waals surface area contributed by atoms with E-state index in [2.05, 4.69) is 32.6 Å². The van der Waals surface area contributed by atoms with E-state index in [-0.39, 0.29) is 30.0 Å². The molecule has 0 heterocycles. The van der Waals surface area contributed by atoms with Crippen molar-refractivity contribution in [3.8, 4) is 0 Å². The monoisotopic (exact) mass is 320 g/mol. The average molecular weight is 320 g/mol. The minimum Gasteiger partial charge on any atom is -0.396 e. The lowest BCUT2D eigenvalue weighted by Crippen LogP contribution is -2.58. The summed E-state index contributed by atoms with van der Waals surface area (Å²) < 4.78 is 0. The lowest BCUT2D eigenvalue weighted by Gasteiger charge is -2.61. The molecule has 0 aliphatic heterocycles. The van der Waals surface area contributed by atoms with Crippen LogP contribution in [0.4, 0.5) is 0 Å². The van der Waals surface area contributed by atoms with Gasteiger partial charge in [-0.15, -0.1) is 6.58 Å². The van der Waals surface area contributed by atoms with E-state index < -0.39 is 11.5 Å². The van der Waals surface area contributed by atoms with Gasteiger partial charge in [-0.25, -0.2) is 0 Å². The molecule has 3 aliphatic rings. The summed E-state index contributed by atoms with van der Waals surface area (Å²) in [6, 6.07) is 0. The Morgan fingerprint density at radius 1 is 1.22 bits per heavy atom. The van der Waals surface area contributed by atoms with Gasteiger partial charge in [0.05, 0.1) is 19.3 Å². The van der Waals surface area contributed by atoms with Crippen molar-refractivity contribution in [3.63, 3.8) is 0 Å². The summed E-state index contributed by atoms with van der Waals surface area (Å²) in [5.74, 6) is 0.741. The molecule has 0 unspecified atom stereocenters. The van der Waals surface area contributed by atoms with E-state index in [0.29, 0.717) is 12.3 Å². The fraction of sp³-hybridized carbons (Fsp3) is 0.800. The highest BCUT2D eigenvalue weighted by atomic mass is 16.3. The maximum atomic E-state index is 10.5. The smallest absolute Gasteiger partial charge is 0.0552 e. The predicted molar refractivity (Wildman–Crippen MR) is 91.8 cm³/mol. The Morgan fingerprint density at radius 2 is 1.91 bits per heavy atom. The highest BCUT2D eigenvalue weighted by Crippen LogP contribution is 2.63. The van der Waals surface area contributed by atoms with Crippen LogP contribution in [0.25, 0.3) is 0 Å². The van der Waals surface area contributed by atoms with E-state index in [0.717, 1.165) is 32.1 Å². The van der Waals surface area contributed by atoms with Gasteiger partial charge in [-0.05, 0) is 55.8 Å². The van der Waals surface area contributed by atoms with Gasteiger partial charge in [0.1, 0.15) is 0 Å². The highest BCUT2D eigenvalue weighted by molar-refractivity contribution is 5.27. The minimum absolute atomic E-state index is 0.0308. The minimum atomic E-state index is -0.531. The van der Waals surface area contributed by atoms with Crippen molar-refractivity contribution in [1.29, 1.82) is 0 Å². The lowest BCUT2D eigenvalue weighted by atomic mass is 9.44. The van der Waals surface area contributed by atoms with E-state index in [4.69, 9.17) is 0 Å². The maximum Gasteiger partial charge on any atom is 0.0552 e. The summed E-state index contributed by atoms with van der Waals surface area (Å²) in [5, 5.41) is 30.6. The van der Waals surface area contributed by atoms with E-state index in [9.17, 15) is 15.3 Å². The summed E-state index contributed by atoms with van der Waals surface area (Å²) in [6.07, 6.45) is 9.61. The van der Waals surface area contributed by atoms with Crippen molar-refractivity contribution in [2.24, 2.45) is 28.1 Å². The Kier molecular flexibility index (Phi) is 4.27. The van der Waals surface area contributed by atoms with Crippen molar-refractivity contribution in [2.75, 3.05) is 13.2 Å². The third kappa shape index (κ3) is 2.52. The Bertz CT molecular complexity index is 507. The fourth-order valence-corrected chi connectivity index (χ4v) is 6.16. The van der Waals surface area contributed by atoms with E-state index in [1.54, 1.807) is 0 Å². The second kappa shape index (κ2) is 5.72. The first kappa shape index (κ1) is 17.2. The first-order valence-electron chi connectivity index (χ1n) is 9.07. The van der Waals surface area contributed by atoms with Crippen LogP contribution in [0.1, 0.15) is 52.4 Å². The average Bonchev–Trinajstić information content (AvgIpc) is 2.52. The molecule has 0 bridgehead atoms. The van der Waals surface area contributed by atoms with Crippen molar-refractivity contribution in [3.05, 3.63) is 24.3 Å². The fourth-order valence-electron chi connectivity index (χ4n) is 6.16. The van der Waals surface area contributed by atoms with Crippen LogP contribution in [0.5, 0.6) is 0 Å². The molecule has 3 nitrogen and oxygen atoms in total. The number of aliphatic hydroxyl groups is 3. The van der Waals surface area contributed by atoms with Gasteiger partial charge in [-0.1, -0.05) is 31.6 Å². The number of rotatable bonds is 3. The molecule has 0 saturated heterocycles. The van der Waals surface area contributed by atoms with Gasteiger partial charge in [0.2, 0.25) is 0 Å². The van der Waals surface area contributed by atoms with Crippen LogP contribution in [0.15, 0.2) is 24.3 Å². The summed E-state index contributed by atoms with van der Waals surface area (Å²) >= 11 is 0. The second-order valence-electron chi connectivity index (χ2n) is 8.86. The van der Waals surface area contributed by atoms with E-state index in [1.165, 1.54) is 5.57 Å². The Morgan fingerprint density at radius 3 is 2.52 bits per heavy atom. The first-order valence-corrected chi connectivity index (χ1v) is 9.07. The highest BCUT2D eigenvalue weighted by Gasteiger charge is 2.59. The van der Waals surface area contributed by atoms with Crippen LogP contribution in [-0.4, -0.2) is 34.6 Å². The molecule has 3 heteroatoms. The lowest BCUT2D eigenvalue weighted by molar-refractivity contribution is -0.156. The molecular formula is C20H32O3. The Balaban J connectivity index is 2.00. The standard InChI is InChI=1S/C20H32O3/c1-4-18(2)8-7-16-14(9-18)5-6-17-19(16,3)10-15(23)11-20(17,12-21)13-22/h4,9,15-17,21-23H,1,5-8,10-13H2,2-3H3/t15-,16+,17+,18+,19-/m1/s1. The molecule has 0 aromatic heterocycles. The van der Waals surface area contributed by atoms with Gasteiger partial charge in [-0.3, -0.25) is 0 Å². The molecule has 3 aliphatic carbocycles. The van der Waals surface area contributed by atoms with Crippen molar-refractivity contribution >= 4 is 0 Å². The molecular weight excluding hydrogens is 288 g/mol. The van der Waals surface area contributed by atoms with Crippen LogP contribution in [0, 0.1) is 28.1 Å². The van der Waals surface area contributed by atoms with Crippen LogP contribution in [0.2, 0.25) is 0 Å². The molecule has 0 radical (unpaired) electrons. The van der Waals surface area contributed by atoms with Gasteiger partial charge in [0.15, 0.2) is 0 Å². The summed E-state index contributed by atoms with van der Waals surface area (Å²) in [7, 11) is 0. The Labute approximate surface area is 140 Å². The van der Waals surface area contributed by atoms with E-state index >= 15 is 0 Å². The summed E-state index contributed by atoms with van der Waals surface area (Å²) in [4.78, 5) is 0. The van der Waals surface area contributed by atoms with E-state index in [1.807, 2.05) is 0 Å². The molecule has 0 aromatic rings. The molecule has 0 aromatic carbocycles. The van der Waals surface area contributed by atoms with Crippen molar-refractivity contribution in [1.82, 2.24) is 0 Å². The molecule has 0 spiro atoms. The maximum absolute atomic E-state index is 10.5. The second-order valence-corrected chi connectivity index (χ2v) is 8.86. The molecule has 2 fully saturated rings. The van der Waals surface area contributed by atoms with Crippen LogP contribution in [0.3, 0.4) is 0 Å². The third-order valence-electron chi connectivity index (χ3n) is 7.40. The summed E-state index contributed by atoms with van der Waals surface area (Å²) in [6.45, 7) is 8.48. The van der Waals surface area contributed by atoms with Gasteiger partial charge < -0.3 is 15.3 Å². The van der Waals surface area contributed by atoms with Crippen LogP contribution < -0.4 is 0 Å². The number of aliphatic hydroxyl groups excluding tert-OH is 3. The van der Waals surface area contributed by atoms with Crippen molar-refractivity contribution < 1.29 is 15.3 Å². The van der Waals surface area contributed by atoms with Gasteiger partial charge >= 0.3 is 0 Å². The molecule has 0 amide bonds. The zero-order valence-electron chi connectivity index (χ0n) is 14.6. The normalized spacial score (nSPS) is 45.6. The van der Waals surface area contributed by atoms with Crippen molar-refractivity contribution in [2.45, 2.75) is 58.5 Å². The molecule has 3 N–H and O–H groups in total. The largest absolute Gasteiger partial charge is 0.396 e. The molecule has 2 saturated carbocycles. The zero-order valence-corrected chi connectivity index (χ0v) is 14.6. The molecule has 3 rings (SSSR count). The van der Waals surface area contributed by atoms with Crippen LogP contribution in [-0.2, 0) is 0 Å². The van der Waals surface area contributed by atoms with Gasteiger partial charge in [0, 0.05) is 10.8 Å². The number of allylic oxidation sites excluding steroid dienone is 3. The number of hydrogen-bond donors (Lipinski definition) is 3. The molecule has 23 heavy (non-hydrogen) atoms. The van der Waals surface area contributed by atoms with Gasteiger partial charge in [-0.2, -0.15) is 0 Å². The van der Waals surface area contributed by atoms with Gasteiger partial charge in [0.25, 0.3) is 0 Å². The number of fused-ring (bicyclic) bond motifs is 3. The Hall–Kier alpha value is -0.640. The van der Waals surface area contributed by atoms with Crippen LogP contribution >= 0.6 is 0 Å².